The van der Waals surface area contributed by atoms with Crippen LogP contribution in [0.1, 0.15) is 17.5 Å². The van der Waals surface area contributed by atoms with Gasteiger partial charge in [-0.05, 0) is 36.1 Å². The van der Waals surface area contributed by atoms with Gasteiger partial charge in [0.2, 0.25) is 0 Å². The lowest BCUT2D eigenvalue weighted by atomic mass is 9.79. The van der Waals surface area contributed by atoms with Gasteiger partial charge in [-0.2, -0.15) is 0 Å². The van der Waals surface area contributed by atoms with Gasteiger partial charge in [-0.1, -0.05) is 22.0 Å². The highest BCUT2D eigenvalue weighted by Gasteiger charge is 2.37. The van der Waals surface area contributed by atoms with Crippen molar-refractivity contribution >= 4 is 21.9 Å². The second-order valence-corrected chi connectivity index (χ2v) is 4.97. The second kappa shape index (κ2) is 3.61. The Hall–Kier alpha value is -0.870. The Balaban J connectivity index is 2.37. The molecule has 1 aliphatic rings. The number of fused-ring (bicyclic) bond motifs is 1. The van der Waals surface area contributed by atoms with Gasteiger partial charge in [0.15, 0.2) is 0 Å². The molecule has 80 valence electrons. The number of benzene rings is 1. The fraction of sp³-hybridized carbons (Fsp3) is 0.364. The lowest BCUT2D eigenvalue weighted by Gasteiger charge is -2.30. The van der Waals surface area contributed by atoms with Crippen LogP contribution in [-0.4, -0.2) is 16.6 Å². The molecule has 0 bridgehead atoms. The molecular formula is C11H12BrNO2. The van der Waals surface area contributed by atoms with Gasteiger partial charge in [-0.15, -0.1) is 0 Å². The number of aliphatic carboxylic acids is 1. The summed E-state index contributed by atoms with van der Waals surface area (Å²) in [7, 11) is 0. The first kappa shape index (κ1) is 10.6. The predicted octanol–water partition coefficient (Wildman–Crippen LogP) is 1.72. The first-order valence-corrected chi connectivity index (χ1v) is 5.60. The average molecular weight is 270 g/mol. The molecule has 0 spiro atoms. The number of nitrogens with two attached hydrogens (primary N) is 1. The number of hydrogen-bond acceptors (Lipinski definition) is 2. The molecule has 0 aliphatic heterocycles. The Kier molecular flexibility index (Phi) is 2.56. The predicted molar refractivity (Wildman–Crippen MR) is 60.7 cm³/mol. The van der Waals surface area contributed by atoms with Gasteiger partial charge < -0.3 is 10.8 Å². The molecule has 0 fully saturated rings. The van der Waals surface area contributed by atoms with Crippen molar-refractivity contribution < 1.29 is 9.90 Å². The molecule has 4 heteroatoms. The lowest BCUT2D eigenvalue weighted by molar-refractivity contribution is -0.143. The van der Waals surface area contributed by atoms with E-state index in [1.165, 1.54) is 5.56 Å². The van der Waals surface area contributed by atoms with Crippen molar-refractivity contribution in [3.63, 3.8) is 0 Å². The van der Waals surface area contributed by atoms with Crippen LogP contribution < -0.4 is 5.73 Å². The van der Waals surface area contributed by atoms with Crippen molar-refractivity contribution in [3.8, 4) is 0 Å². The van der Waals surface area contributed by atoms with Gasteiger partial charge in [-0.25, -0.2) is 0 Å². The molecule has 3 nitrogen and oxygen atoms in total. The van der Waals surface area contributed by atoms with Crippen molar-refractivity contribution in [2.24, 2.45) is 5.73 Å². The summed E-state index contributed by atoms with van der Waals surface area (Å²) < 4.78 is 0.968. The third-order valence-electron chi connectivity index (χ3n) is 2.94. The minimum atomic E-state index is -1.09. The van der Waals surface area contributed by atoms with E-state index in [0.29, 0.717) is 12.8 Å². The van der Waals surface area contributed by atoms with Crippen LogP contribution in [0.2, 0.25) is 0 Å². The third kappa shape index (κ3) is 1.92. The van der Waals surface area contributed by atoms with Crippen LogP contribution in [-0.2, 0) is 17.6 Å². The summed E-state index contributed by atoms with van der Waals surface area (Å²) in [5.74, 6) is -0.909. The molecule has 2 rings (SSSR count). The largest absolute Gasteiger partial charge is 0.480 e. The van der Waals surface area contributed by atoms with E-state index in [2.05, 4.69) is 15.9 Å². The minimum absolute atomic E-state index is 0.414. The fourth-order valence-electron chi connectivity index (χ4n) is 1.97. The zero-order valence-electron chi connectivity index (χ0n) is 8.16. The molecule has 0 radical (unpaired) electrons. The molecule has 0 saturated heterocycles. The van der Waals surface area contributed by atoms with Crippen LogP contribution in [0.4, 0.5) is 0 Å². The Morgan fingerprint density at radius 1 is 1.47 bits per heavy atom. The number of carbonyl (C=O) groups is 1. The Bertz CT molecular complexity index is 419. The number of aryl methyl sites for hydroxylation is 1. The summed E-state index contributed by atoms with van der Waals surface area (Å²) in [6.07, 6.45) is 1.67. The smallest absolute Gasteiger partial charge is 0.324 e. The van der Waals surface area contributed by atoms with Crippen molar-refractivity contribution in [2.75, 3.05) is 0 Å². The molecule has 1 aromatic rings. The average Bonchev–Trinajstić information content (AvgIpc) is 2.16. The van der Waals surface area contributed by atoms with Crippen molar-refractivity contribution in [1.29, 1.82) is 0 Å². The Morgan fingerprint density at radius 3 is 2.87 bits per heavy atom. The van der Waals surface area contributed by atoms with E-state index >= 15 is 0 Å². The second-order valence-electron chi connectivity index (χ2n) is 4.05. The molecule has 1 unspecified atom stereocenters. The summed E-state index contributed by atoms with van der Waals surface area (Å²) in [6.45, 7) is 0. The molecule has 0 heterocycles. The quantitative estimate of drug-likeness (QED) is 0.816. The van der Waals surface area contributed by atoms with Crippen molar-refractivity contribution in [1.82, 2.24) is 0 Å². The van der Waals surface area contributed by atoms with Crippen LogP contribution in [0.25, 0.3) is 0 Å². The van der Waals surface area contributed by atoms with E-state index in [0.717, 1.165) is 16.5 Å². The minimum Gasteiger partial charge on any atom is -0.480 e. The van der Waals surface area contributed by atoms with E-state index in [4.69, 9.17) is 10.8 Å². The highest BCUT2D eigenvalue weighted by molar-refractivity contribution is 9.10. The molecule has 3 N–H and O–H groups in total. The van der Waals surface area contributed by atoms with Gasteiger partial charge in [0.25, 0.3) is 0 Å². The monoisotopic (exact) mass is 269 g/mol. The van der Waals surface area contributed by atoms with Gasteiger partial charge in [-0.3, -0.25) is 4.79 Å². The highest BCUT2D eigenvalue weighted by Crippen LogP contribution is 2.29. The van der Waals surface area contributed by atoms with Crippen LogP contribution in [0.15, 0.2) is 22.7 Å². The summed E-state index contributed by atoms with van der Waals surface area (Å²) >= 11 is 3.38. The third-order valence-corrected chi connectivity index (χ3v) is 3.43. The van der Waals surface area contributed by atoms with Crippen molar-refractivity contribution in [3.05, 3.63) is 33.8 Å². The maximum Gasteiger partial charge on any atom is 0.324 e. The standard InChI is InChI=1S/C11H12BrNO2/c12-9-2-1-7-3-4-11(13,10(14)15)6-8(7)5-9/h1-2,5H,3-4,6,13H2,(H,14,15). The number of carboxylic acids is 1. The topological polar surface area (TPSA) is 63.3 Å². The van der Waals surface area contributed by atoms with Crippen molar-refractivity contribution in [2.45, 2.75) is 24.8 Å². The molecule has 1 aliphatic carbocycles. The normalized spacial score (nSPS) is 24.7. The fourth-order valence-corrected chi connectivity index (χ4v) is 2.38. The number of carboxylic acid groups (broad SMARTS) is 1. The summed E-state index contributed by atoms with van der Waals surface area (Å²) in [4.78, 5) is 11.0. The van der Waals surface area contributed by atoms with Crippen LogP contribution in [0, 0.1) is 0 Å². The highest BCUT2D eigenvalue weighted by atomic mass is 79.9. The zero-order chi connectivity index (χ0) is 11.1. The molecule has 1 atom stereocenters. The first-order chi connectivity index (χ1) is 7.01. The molecule has 0 aromatic heterocycles. The Labute approximate surface area is 96.4 Å². The van der Waals surface area contributed by atoms with Gasteiger partial charge in [0.1, 0.15) is 5.54 Å². The van der Waals surface area contributed by atoms with Gasteiger partial charge in [0, 0.05) is 10.9 Å². The van der Waals surface area contributed by atoms with Crippen LogP contribution in [0.3, 0.4) is 0 Å². The number of rotatable bonds is 1. The zero-order valence-corrected chi connectivity index (χ0v) is 9.75. The SMILES string of the molecule is NC1(C(=O)O)CCc2ccc(Br)cc2C1. The van der Waals surface area contributed by atoms with E-state index in [1.807, 2.05) is 18.2 Å². The summed E-state index contributed by atoms with van der Waals surface area (Å²) in [5.41, 5.74) is 7.01. The van der Waals surface area contributed by atoms with E-state index in [9.17, 15) is 4.79 Å². The van der Waals surface area contributed by atoms with Gasteiger partial charge in [0.05, 0.1) is 0 Å². The Morgan fingerprint density at radius 2 is 2.20 bits per heavy atom. The van der Waals surface area contributed by atoms with Gasteiger partial charge >= 0.3 is 5.97 Å². The number of hydrogen-bond donors (Lipinski definition) is 2. The molecule has 1 aromatic carbocycles. The van der Waals surface area contributed by atoms with Crippen LogP contribution >= 0.6 is 15.9 Å². The summed E-state index contributed by atoms with van der Waals surface area (Å²) in [6, 6.07) is 5.96. The molecule has 15 heavy (non-hydrogen) atoms. The molecule has 0 saturated carbocycles. The molecular weight excluding hydrogens is 258 g/mol. The maximum atomic E-state index is 11.0. The number of halogens is 1. The van der Waals surface area contributed by atoms with E-state index < -0.39 is 11.5 Å². The van der Waals surface area contributed by atoms with E-state index in [1.54, 1.807) is 0 Å². The van der Waals surface area contributed by atoms with E-state index in [-0.39, 0.29) is 0 Å². The van der Waals surface area contributed by atoms with Crippen LogP contribution in [0.5, 0.6) is 0 Å². The lowest BCUT2D eigenvalue weighted by Crippen LogP contribution is -2.52. The summed E-state index contributed by atoms with van der Waals surface area (Å²) in [5, 5.41) is 9.06. The molecule has 0 amide bonds. The maximum absolute atomic E-state index is 11.0. The first-order valence-electron chi connectivity index (χ1n) is 4.81.